The van der Waals surface area contributed by atoms with Crippen molar-refractivity contribution in [1.82, 2.24) is 5.32 Å². The number of benzene rings is 2. The number of carbonyl (C=O) groups is 2. The van der Waals surface area contributed by atoms with E-state index in [9.17, 15) is 9.59 Å². The number of nitrogens with one attached hydrogen (secondary N) is 3. The summed E-state index contributed by atoms with van der Waals surface area (Å²) in [5.41, 5.74) is 3.89. The second-order valence-corrected chi connectivity index (χ2v) is 7.79. The Kier molecular flexibility index (Phi) is 8.88. The Bertz CT molecular complexity index is 893. The van der Waals surface area contributed by atoms with Gasteiger partial charge in [0.1, 0.15) is 0 Å². The number of rotatable bonds is 10. The Morgan fingerprint density at radius 1 is 1.03 bits per heavy atom. The first kappa shape index (κ1) is 24.2. The van der Waals surface area contributed by atoms with E-state index in [1.807, 2.05) is 64.2 Å². The Labute approximate surface area is 184 Å². The highest BCUT2D eigenvalue weighted by atomic mass is 16.5. The molecule has 7 nitrogen and oxygen atoms in total. The molecule has 0 radical (unpaired) electrons. The zero-order chi connectivity index (χ0) is 23.0. The summed E-state index contributed by atoms with van der Waals surface area (Å²) in [5.74, 6) is 1.000. The molecular formula is C24H34N3O4+. The van der Waals surface area contributed by atoms with Crippen LogP contribution in [0.5, 0.6) is 11.5 Å². The molecule has 0 aromatic heterocycles. The molecule has 0 spiro atoms. The molecule has 7 heteroatoms. The van der Waals surface area contributed by atoms with Gasteiger partial charge in [0, 0.05) is 12.1 Å². The van der Waals surface area contributed by atoms with Crippen molar-refractivity contribution < 1.29 is 24.0 Å². The quantitative estimate of drug-likeness (QED) is 0.536. The zero-order valence-corrected chi connectivity index (χ0v) is 19.3. The maximum Gasteiger partial charge on any atom is 0.278 e. The highest BCUT2D eigenvalue weighted by Gasteiger charge is 2.22. The molecule has 31 heavy (non-hydrogen) atoms. The van der Waals surface area contributed by atoms with Crippen molar-refractivity contribution in [2.75, 3.05) is 39.7 Å². The minimum absolute atomic E-state index is 0.0556. The van der Waals surface area contributed by atoms with Crippen molar-refractivity contribution in [3.63, 3.8) is 0 Å². The molecule has 0 saturated heterocycles. The van der Waals surface area contributed by atoms with Crippen LogP contribution >= 0.6 is 0 Å². The van der Waals surface area contributed by atoms with E-state index in [-0.39, 0.29) is 24.4 Å². The van der Waals surface area contributed by atoms with Crippen LogP contribution in [-0.4, -0.2) is 52.2 Å². The van der Waals surface area contributed by atoms with Crippen LogP contribution in [0.25, 0.3) is 0 Å². The van der Waals surface area contributed by atoms with Crippen molar-refractivity contribution in [3.05, 3.63) is 53.1 Å². The molecule has 0 bridgehead atoms. The van der Waals surface area contributed by atoms with Crippen LogP contribution in [0.1, 0.15) is 23.6 Å². The normalized spacial score (nSPS) is 12.6. The van der Waals surface area contributed by atoms with Gasteiger partial charge in [0.15, 0.2) is 17.5 Å². The number of likely N-dealkylation sites (N-methyl/N-ethyl adjacent to an activating group) is 1. The number of hydrogen-bond donors (Lipinski definition) is 3. The number of anilines is 1. The number of aryl methyl sites for hydroxylation is 2. The van der Waals surface area contributed by atoms with Gasteiger partial charge in [-0.1, -0.05) is 24.3 Å². The fourth-order valence-corrected chi connectivity index (χ4v) is 3.33. The maximum absolute atomic E-state index is 12.5. The van der Waals surface area contributed by atoms with E-state index in [0.717, 1.165) is 40.2 Å². The van der Waals surface area contributed by atoms with Gasteiger partial charge in [0.2, 0.25) is 5.91 Å². The fourth-order valence-electron chi connectivity index (χ4n) is 3.33. The van der Waals surface area contributed by atoms with Gasteiger partial charge in [-0.3, -0.25) is 9.59 Å². The monoisotopic (exact) mass is 428 g/mol. The Morgan fingerprint density at radius 2 is 1.68 bits per heavy atom. The standard InChI is InChI=1S/C24H33N3O4/c1-16-8-7-9-17(2)23(16)26-22(28)15-25-24(29)18(3)27(4)13-12-19-10-11-20(30-5)21(14-19)31-6/h7-11,14,18H,12-13,15H2,1-6H3,(H,25,29)(H,26,28)/p+1/t18-/m1/s1. The minimum Gasteiger partial charge on any atom is -0.493 e. The highest BCUT2D eigenvalue weighted by molar-refractivity contribution is 5.96. The van der Waals surface area contributed by atoms with Crippen molar-refractivity contribution in [2.24, 2.45) is 0 Å². The summed E-state index contributed by atoms with van der Waals surface area (Å²) >= 11 is 0. The average Bonchev–Trinajstić information content (AvgIpc) is 2.77. The Hall–Kier alpha value is -3.06. The number of amides is 2. The third-order valence-corrected chi connectivity index (χ3v) is 5.56. The van der Waals surface area contributed by atoms with Crippen LogP contribution < -0.4 is 25.0 Å². The highest BCUT2D eigenvalue weighted by Crippen LogP contribution is 2.27. The van der Waals surface area contributed by atoms with Crippen molar-refractivity contribution in [2.45, 2.75) is 33.2 Å². The smallest absolute Gasteiger partial charge is 0.278 e. The van der Waals surface area contributed by atoms with Crippen LogP contribution in [0.4, 0.5) is 5.69 Å². The van der Waals surface area contributed by atoms with Crippen LogP contribution in [-0.2, 0) is 16.0 Å². The third kappa shape index (κ3) is 6.72. The average molecular weight is 429 g/mol. The van der Waals surface area contributed by atoms with Gasteiger partial charge < -0.3 is 25.0 Å². The molecule has 0 heterocycles. The Balaban J connectivity index is 1.83. The summed E-state index contributed by atoms with van der Waals surface area (Å²) in [5, 5.41) is 5.63. The van der Waals surface area contributed by atoms with E-state index in [1.54, 1.807) is 14.2 Å². The lowest BCUT2D eigenvalue weighted by molar-refractivity contribution is -0.894. The van der Waals surface area contributed by atoms with E-state index < -0.39 is 0 Å². The topological polar surface area (TPSA) is 81.1 Å². The first-order valence-corrected chi connectivity index (χ1v) is 10.4. The summed E-state index contributed by atoms with van der Waals surface area (Å²) in [4.78, 5) is 25.9. The van der Waals surface area contributed by atoms with E-state index in [4.69, 9.17) is 9.47 Å². The predicted molar refractivity (Wildman–Crippen MR) is 122 cm³/mol. The van der Waals surface area contributed by atoms with Crippen LogP contribution in [0.2, 0.25) is 0 Å². The number of carbonyl (C=O) groups excluding carboxylic acids is 2. The molecule has 168 valence electrons. The van der Waals surface area contributed by atoms with E-state index >= 15 is 0 Å². The largest absolute Gasteiger partial charge is 0.493 e. The number of hydrogen-bond acceptors (Lipinski definition) is 4. The SMILES string of the molecule is COc1ccc(CC[NH+](C)[C@H](C)C(=O)NCC(=O)Nc2c(C)cccc2C)cc1OC. The second-order valence-electron chi connectivity index (χ2n) is 7.79. The molecular weight excluding hydrogens is 394 g/mol. The number of quaternary nitrogens is 1. The number of methoxy groups -OCH3 is 2. The predicted octanol–water partition coefficient (Wildman–Crippen LogP) is 1.52. The Morgan fingerprint density at radius 3 is 2.29 bits per heavy atom. The van der Waals surface area contributed by atoms with E-state index in [0.29, 0.717) is 11.5 Å². The summed E-state index contributed by atoms with van der Waals surface area (Å²) in [6.07, 6.45) is 0.789. The van der Waals surface area contributed by atoms with Crippen LogP contribution in [0.3, 0.4) is 0 Å². The van der Waals surface area contributed by atoms with Gasteiger partial charge in [0.25, 0.3) is 5.91 Å². The molecule has 0 aliphatic rings. The lowest BCUT2D eigenvalue weighted by Crippen LogP contribution is -3.14. The molecule has 2 rings (SSSR count). The molecule has 2 atom stereocenters. The third-order valence-electron chi connectivity index (χ3n) is 5.56. The molecule has 3 N–H and O–H groups in total. The van der Waals surface area contributed by atoms with E-state index in [2.05, 4.69) is 10.6 Å². The zero-order valence-electron chi connectivity index (χ0n) is 19.3. The first-order chi connectivity index (χ1) is 14.8. The maximum atomic E-state index is 12.5. The van der Waals surface area contributed by atoms with Crippen molar-refractivity contribution in [1.29, 1.82) is 0 Å². The van der Waals surface area contributed by atoms with Crippen molar-refractivity contribution in [3.8, 4) is 11.5 Å². The first-order valence-electron chi connectivity index (χ1n) is 10.4. The molecule has 2 aromatic rings. The molecule has 1 unspecified atom stereocenters. The van der Waals surface area contributed by atoms with Gasteiger partial charge in [-0.05, 0) is 49.6 Å². The van der Waals surface area contributed by atoms with Gasteiger partial charge >= 0.3 is 0 Å². The fraction of sp³-hybridized carbons (Fsp3) is 0.417. The summed E-state index contributed by atoms with van der Waals surface area (Å²) in [6, 6.07) is 11.4. The molecule has 2 amide bonds. The second kappa shape index (κ2) is 11.4. The lowest BCUT2D eigenvalue weighted by atomic mass is 10.1. The van der Waals surface area contributed by atoms with Crippen LogP contribution in [0.15, 0.2) is 36.4 Å². The van der Waals surface area contributed by atoms with Gasteiger partial charge in [0.05, 0.1) is 34.4 Å². The summed E-state index contributed by atoms with van der Waals surface area (Å²) < 4.78 is 10.6. The van der Waals surface area contributed by atoms with E-state index in [1.165, 1.54) is 0 Å². The van der Waals surface area contributed by atoms with Crippen LogP contribution in [0, 0.1) is 13.8 Å². The molecule has 2 aromatic carbocycles. The molecule has 0 saturated carbocycles. The van der Waals surface area contributed by atoms with Gasteiger partial charge in [-0.25, -0.2) is 0 Å². The number of para-hydroxylation sites is 1. The van der Waals surface area contributed by atoms with Gasteiger partial charge in [-0.15, -0.1) is 0 Å². The molecule has 0 aliphatic carbocycles. The minimum atomic E-state index is -0.284. The number of ether oxygens (including phenoxy) is 2. The summed E-state index contributed by atoms with van der Waals surface area (Å²) in [7, 11) is 5.20. The van der Waals surface area contributed by atoms with Gasteiger partial charge in [-0.2, -0.15) is 0 Å². The summed E-state index contributed by atoms with van der Waals surface area (Å²) in [6.45, 7) is 6.46. The van der Waals surface area contributed by atoms with Crippen molar-refractivity contribution >= 4 is 17.5 Å². The lowest BCUT2D eigenvalue weighted by Gasteiger charge is -2.21. The molecule has 0 fully saturated rings. The molecule has 0 aliphatic heterocycles.